The molecule has 0 spiro atoms. The molecule has 0 atom stereocenters. The lowest BCUT2D eigenvalue weighted by Gasteiger charge is -2.36. The zero-order chi connectivity index (χ0) is 35.6. The van der Waals surface area contributed by atoms with Gasteiger partial charge in [-0.3, -0.25) is 0 Å². The van der Waals surface area contributed by atoms with Crippen LogP contribution in [0.2, 0.25) is 0 Å². The molecule has 0 saturated heterocycles. The molecule has 52 heavy (non-hydrogen) atoms. The second kappa shape index (κ2) is 15.7. The minimum atomic E-state index is -1.19. The van der Waals surface area contributed by atoms with Crippen LogP contribution in [-0.4, -0.2) is 23.3 Å². The molecule has 0 aliphatic carbocycles. The summed E-state index contributed by atoms with van der Waals surface area (Å²) < 4.78 is 5.55. The number of nitrogens with zero attached hydrogens (tertiary/aromatic N) is 2. The molecule has 0 bridgehead atoms. The first kappa shape index (κ1) is 34.2. The number of anilines is 1. The second-order valence-corrected chi connectivity index (χ2v) is 12.9. The van der Waals surface area contributed by atoms with Crippen molar-refractivity contribution in [3.05, 3.63) is 226 Å². The molecule has 7 heteroatoms. The maximum atomic E-state index is 13.7. The van der Waals surface area contributed by atoms with E-state index in [4.69, 9.17) is 14.6 Å². The summed E-state index contributed by atoms with van der Waals surface area (Å²) in [6, 6.07) is 60.5. The number of rotatable bonds is 13. The molecule has 1 heterocycles. The number of nitrogens with one attached hydrogen (secondary N) is 1. The van der Waals surface area contributed by atoms with Crippen molar-refractivity contribution in [2.45, 2.75) is 18.1 Å². The Labute approximate surface area is 308 Å². The van der Waals surface area contributed by atoms with Crippen LogP contribution in [0.15, 0.2) is 193 Å². The third-order valence-corrected chi connectivity index (χ3v) is 9.70. The van der Waals surface area contributed by atoms with Crippen LogP contribution in [-0.2, 0) is 25.5 Å². The zero-order valence-electron chi connectivity index (χ0n) is 28.6. The number of carbonyl (C=O) groups is 1. The number of hydrogen-bond acceptors (Lipinski definition) is 7. The molecule has 0 unspecified atom stereocenters. The molecule has 1 N–H and O–H groups in total. The van der Waals surface area contributed by atoms with Crippen LogP contribution in [0, 0.1) is 0 Å². The fraction of sp³-hybridized carbons (Fsp3) is 0.0889. The Bertz CT molecular complexity index is 2020. The predicted molar refractivity (Wildman–Crippen MR) is 208 cm³/mol. The standard InChI is InChI=1S/C45H37N3O3S/c1-2-50-42(49)41(48-51-45(37-27-15-6-16-28-37,38-29-17-7-18-30-38)39-31-19-8-20-32-39)40-33-52-43(46-40)47-44(34-21-9-3-10-22-34,35-23-11-4-12-24-35)36-25-13-5-14-26-36/h3-33H,2H2,1H3,(H,46,47)/b48-41-. The van der Waals surface area contributed by atoms with E-state index in [0.29, 0.717) is 10.8 Å². The van der Waals surface area contributed by atoms with E-state index in [1.165, 1.54) is 11.3 Å². The highest BCUT2D eigenvalue weighted by Gasteiger charge is 2.41. The molecule has 0 saturated carbocycles. The first-order valence-electron chi connectivity index (χ1n) is 17.2. The highest BCUT2D eigenvalue weighted by atomic mass is 32.1. The molecule has 0 amide bonds. The molecule has 0 fully saturated rings. The van der Waals surface area contributed by atoms with Gasteiger partial charge in [0.15, 0.2) is 5.13 Å². The molecule has 7 rings (SSSR count). The summed E-state index contributed by atoms with van der Waals surface area (Å²) in [7, 11) is 0. The normalized spacial score (nSPS) is 11.8. The van der Waals surface area contributed by atoms with Crippen LogP contribution in [0.4, 0.5) is 5.13 Å². The minimum Gasteiger partial charge on any atom is -0.461 e. The third kappa shape index (κ3) is 6.74. The third-order valence-electron chi connectivity index (χ3n) is 8.95. The summed E-state index contributed by atoms with van der Waals surface area (Å²) in [5, 5.41) is 10.8. The molecule has 6 aromatic carbocycles. The SMILES string of the molecule is CCOC(=O)/C(=N\OC(c1ccccc1)(c1ccccc1)c1ccccc1)c1csc(NC(c2ccccc2)(c2ccccc2)c2ccccc2)n1. The van der Waals surface area contributed by atoms with Crippen molar-refractivity contribution in [1.29, 1.82) is 0 Å². The number of benzene rings is 6. The Morgan fingerprint density at radius 3 is 1.33 bits per heavy atom. The maximum absolute atomic E-state index is 13.7. The lowest BCUT2D eigenvalue weighted by atomic mass is 9.77. The summed E-state index contributed by atoms with van der Waals surface area (Å²) in [5.41, 5.74) is 3.93. The van der Waals surface area contributed by atoms with Crippen molar-refractivity contribution in [2.75, 3.05) is 11.9 Å². The summed E-state index contributed by atoms with van der Waals surface area (Å²) >= 11 is 1.38. The van der Waals surface area contributed by atoms with E-state index in [0.717, 1.165) is 33.4 Å². The van der Waals surface area contributed by atoms with E-state index in [-0.39, 0.29) is 12.3 Å². The Morgan fingerprint density at radius 2 is 0.962 bits per heavy atom. The number of carbonyl (C=O) groups excluding carboxylic acids is 1. The van der Waals surface area contributed by atoms with Gasteiger partial charge in [-0.2, -0.15) is 0 Å². The maximum Gasteiger partial charge on any atom is 0.362 e. The molecule has 6 nitrogen and oxygen atoms in total. The molecule has 0 aliphatic heterocycles. The summed E-state index contributed by atoms with van der Waals surface area (Å²) in [5.74, 6) is -0.636. The molecular formula is C45H37N3O3S. The van der Waals surface area contributed by atoms with Gasteiger partial charge in [-0.05, 0) is 23.6 Å². The van der Waals surface area contributed by atoms with Gasteiger partial charge in [0.25, 0.3) is 0 Å². The number of hydrogen-bond donors (Lipinski definition) is 1. The highest BCUT2D eigenvalue weighted by Crippen LogP contribution is 2.42. The van der Waals surface area contributed by atoms with E-state index in [2.05, 4.69) is 46.9 Å². The van der Waals surface area contributed by atoms with E-state index >= 15 is 0 Å². The Morgan fingerprint density at radius 1 is 0.596 bits per heavy atom. The average molecular weight is 700 g/mol. The van der Waals surface area contributed by atoms with E-state index < -0.39 is 17.1 Å². The van der Waals surface area contributed by atoms with Crippen LogP contribution < -0.4 is 5.32 Å². The van der Waals surface area contributed by atoms with Gasteiger partial charge in [0.1, 0.15) is 11.2 Å². The minimum absolute atomic E-state index is 0.0388. The van der Waals surface area contributed by atoms with Crippen molar-refractivity contribution in [1.82, 2.24) is 4.98 Å². The van der Waals surface area contributed by atoms with Crippen molar-refractivity contribution in [3.63, 3.8) is 0 Å². The monoisotopic (exact) mass is 699 g/mol. The lowest BCUT2D eigenvalue weighted by molar-refractivity contribution is -0.135. The molecule has 0 radical (unpaired) electrons. The number of thiazole rings is 1. The van der Waals surface area contributed by atoms with E-state index in [1.54, 1.807) is 6.92 Å². The van der Waals surface area contributed by atoms with Gasteiger partial charge in [0.05, 0.1) is 6.61 Å². The van der Waals surface area contributed by atoms with Crippen LogP contribution >= 0.6 is 11.3 Å². The fourth-order valence-electron chi connectivity index (χ4n) is 6.56. The smallest absolute Gasteiger partial charge is 0.362 e. The Kier molecular flexibility index (Phi) is 10.3. The first-order valence-corrected chi connectivity index (χ1v) is 18.0. The van der Waals surface area contributed by atoms with Gasteiger partial charge in [-0.15, -0.1) is 11.3 Å². The average Bonchev–Trinajstić information content (AvgIpc) is 3.68. The largest absolute Gasteiger partial charge is 0.461 e. The van der Waals surface area contributed by atoms with Crippen LogP contribution in [0.25, 0.3) is 0 Å². The number of oxime groups is 1. The van der Waals surface area contributed by atoms with Gasteiger partial charge in [-0.1, -0.05) is 187 Å². The first-order chi connectivity index (χ1) is 25.6. The van der Waals surface area contributed by atoms with Crippen LogP contribution in [0.5, 0.6) is 0 Å². The van der Waals surface area contributed by atoms with Gasteiger partial charge in [0, 0.05) is 22.1 Å². The topological polar surface area (TPSA) is 72.8 Å². The number of aromatic nitrogens is 1. The summed E-state index contributed by atoms with van der Waals surface area (Å²) in [4.78, 5) is 25.5. The quantitative estimate of drug-likeness (QED) is 0.0562. The van der Waals surface area contributed by atoms with Crippen molar-refractivity contribution < 1.29 is 14.4 Å². The summed E-state index contributed by atoms with van der Waals surface area (Å²) in [6.45, 7) is 1.92. The highest BCUT2D eigenvalue weighted by molar-refractivity contribution is 7.14. The molecule has 256 valence electrons. The second-order valence-electron chi connectivity index (χ2n) is 12.0. The zero-order valence-corrected chi connectivity index (χ0v) is 29.4. The summed E-state index contributed by atoms with van der Waals surface area (Å²) in [6.07, 6.45) is 0. The van der Waals surface area contributed by atoms with Gasteiger partial charge in [-0.25, -0.2) is 9.78 Å². The van der Waals surface area contributed by atoms with E-state index in [1.807, 2.05) is 151 Å². The molecule has 0 aliphatic rings. The predicted octanol–water partition coefficient (Wildman–Crippen LogP) is 9.82. The number of ether oxygens (including phenoxy) is 1. The Balaban J connectivity index is 1.36. The molecular weight excluding hydrogens is 663 g/mol. The van der Waals surface area contributed by atoms with Crippen LogP contribution in [0.1, 0.15) is 46.0 Å². The van der Waals surface area contributed by atoms with Gasteiger partial charge >= 0.3 is 5.97 Å². The Hall–Kier alpha value is -6.31. The lowest BCUT2D eigenvalue weighted by Crippen LogP contribution is -2.38. The van der Waals surface area contributed by atoms with Crippen molar-refractivity contribution in [2.24, 2.45) is 5.16 Å². The molecule has 7 aromatic rings. The van der Waals surface area contributed by atoms with Gasteiger partial charge in [0.2, 0.25) is 11.3 Å². The fourth-order valence-corrected chi connectivity index (χ4v) is 7.31. The number of esters is 1. The molecule has 1 aromatic heterocycles. The van der Waals surface area contributed by atoms with Crippen molar-refractivity contribution >= 4 is 28.1 Å². The van der Waals surface area contributed by atoms with Crippen molar-refractivity contribution in [3.8, 4) is 0 Å². The van der Waals surface area contributed by atoms with Gasteiger partial charge < -0.3 is 14.9 Å². The van der Waals surface area contributed by atoms with Crippen LogP contribution in [0.3, 0.4) is 0 Å². The van der Waals surface area contributed by atoms with E-state index in [9.17, 15) is 4.79 Å².